The van der Waals surface area contributed by atoms with E-state index < -0.39 is 0 Å². The highest BCUT2D eigenvalue weighted by molar-refractivity contribution is 5.97. The molecule has 2 aliphatic heterocycles. The first kappa shape index (κ1) is 24.1. The summed E-state index contributed by atoms with van der Waals surface area (Å²) in [5, 5.41) is 3.38. The van der Waals surface area contributed by atoms with Gasteiger partial charge in [-0.25, -0.2) is 0 Å². The zero-order valence-electron chi connectivity index (χ0n) is 21.2. The molecular weight excluding hydrogens is 434 g/mol. The lowest BCUT2D eigenvalue weighted by Crippen LogP contribution is -2.37. The minimum absolute atomic E-state index is 0.0619. The molecule has 1 N–H and O–H groups in total. The van der Waals surface area contributed by atoms with Crippen molar-refractivity contribution < 1.29 is 9.59 Å². The number of nitrogens with one attached hydrogen (secondary N) is 1. The molecule has 1 aliphatic carbocycles. The Morgan fingerprint density at radius 1 is 0.886 bits per heavy atom. The molecule has 0 radical (unpaired) electrons. The largest absolute Gasteiger partial charge is 0.349 e. The molecule has 2 aromatic rings. The molecule has 0 spiro atoms. The standard InChI is InChI=1S/C30H39N3O2/c1-21-9-8-10-22(2)28(21)30(35)33-19-25-17-32(18-26(25)20-33)16-15-27(23-11-4-3-5-12-23)31-29(34)24-13-6-7-14-24/h3-5,8-12,24-27H,6-7,13-20H2,1-2H3,(H,31,34)/t25-,26+,27-/m0/s1. The van der Waals surface area contributed by atoms with Crippen molar-refractivity contribution in [3.63, 3.8) is 0 Å². The SMILES string of the molecule is Cc1cccc(C)c1C(=O)N1C[C@H]2CN(CC[C@H](NC(=O)C3CCCC3)c3ccccc3)C[C@H]2C1. The van der Waals surface area contributed by atoms with Crippen molar-refractivity contribution in [3.8, 4) is 0 Å². The number of nitrogens with zero attached hydrogens (tertiary/aromatic N) is 2. The molecule has 3 aliphatic rings. The second-order valence-electron chi connectivity index (χ2n) is 11.0. The molecule has 0 bridgehead atoms. The first-order valence-corrected chi connectivity index (χ1v) is 13.4. The molecule has 35 heavy (non-hydrogen) atoms. The Morgan fingerprint density at radius 3 is 2.14 bits per heavy atom. The molecule has 0 unspecified atom stereocenters. The van der Waals surface area contributed by atoms with E-state index in [0.717, 1.165) is 68.7 Å². The van der Waals surface area contributed by atoms with Gasteiger partial charge in [0.25, 0.3) is 5.91 Å². The quantitative estimate of drug-likeness (QED) is 0.632. The van der Waals surface area contributed by atoms with E-state index in [-0.39, 0.29) is 23.8 Å². The number of hydrogen-bond acceptors (Lipinski definition) is 3. The third kappa shape index (κ3) is 5.30. The van der Waals surface area contributed by atoms with Gasteiger partial charge < -0.3 is 15.1 Å². The second-order valence-corrected chi connectivity index (χ2v) is 11.0. The summed E-state index contributed by atoms with van der Waals surface area (Å²) in [5.74, 6) is 1.71. The Labute approximate surface area is 209 Å². The van der Waals surface area contributed by atoms with E-state index in [1.807, 2.05) is 38.1 Å². The third-order valence-corrected chi connectivity index (χ3v) is 8.52. The van der Waals surface area contributed by atoms with E-state index in [4.69, 9.17) is 0 Å². The van der Waals surface area contributed by atoms with E-state index >= 15 is 0 Å². The van der Waals surface area contributed by atoms with E-state index in [0.29, 0.717) is 11.8 Å². The topological polar surface area (TPSA) is 52.7 Å². The predicted octanol–water partition coefficient (Wildman–Crippen LogP) is 4.75. The fourth-order valence-corrected chi connectivity index (χ4v) is 6.55. The maximum absolute atomic E-state index is 13.3. The van der Waals surface area contributed by atoms with E-state index in [1.54, 1.807) is 0 Å². The van der Waals surface area contributed by atoms with Crippen molar-refractivity contribution in [3.05, 3.63) is 70.8 Å². The summed E-state index contributed by atoms with van der Waals surface area (Å²) in [6, 6.07) is 16.6. The van der Waals surface area contributed by atoms with Gasteiger partial charge in [0.05, 0.1) is 6.04 Å². The second kappa shape index (κ2) is 10.5. The van der Waals surface area contributed by atoms with Crippen LogP contribution in [0.2, 0.25) is 0 Å². The monoisotopic (exact) mass is 473 g/mol. The smallest absolute Gasteiger partial charge is 0.254 e. The van der Waals surface area contributed by atoms with Gasteiger partial charge in [0.15, 0.2) is 0 Å². The van der Waals surface area contributed by atoms with Crippen molar-refractivity contribution in [2.24, 2.45) is 17.8 Å². The minimum Gasteiger partial charge on any atom is -0.349 e. The number of hydrogen-bond donors (Lipinski definition) is 1. The van der Waals surface area contributed by atoms with Gasteiger partial charge in [-0.15, -0.1) is 0 Å². The molecule has 3 atom stereocenters. The van der Waals surface area contributed by atoms with Gasteiger partial charge >= 0.3 is 0 Å². The maximum Gasteiger partial charge on any atom is 0.254 e. The molecular formula is C30H39N3O2. The van der Waals surface area contributed by atoms with Crippen LogP contribution in [0.4, 0.5) is 0 Å². The van der Waals surface area contributed by atoms with Gasteiger partial charge in [-0.3, -0.25) is 9.59 Å². The average molecular weight is 474 g/mol. The van der Waals surface area contributed by atoms with Crippen molar-refractivity contribution in [2.45, 2.75) is 52.0 Å². The van der Waals surface area contributed by atoms with Crippen molar-refractivity contribution >= 4 is 11.8 Å². The van der Waals surface area contributed by atoms with Gasteiger partial charge in [0.2, 0.25) is 5.91 Å². The number of benzene rings is 2. The molecule has 2 heterocycles. The van der Waals surface area contributed by atoms with Crippen molar-refractivity contribution in [1.82, 2.24) is 15.1 Å². The van der Waals surface area contributed by atoms with Crippen LogP contribution in [-0.4, -0.2) is 54.3 Å². The van der Waals surface area contributed by atoms with Crippen LogP contribution in [0, 0.1) is 31.6 Å². The molecule has 2 aromatic carbocycles. The first-order valence-electron chi connectivity index (χ1n) is 13.4. The molecule has 5 heteroatoms. The summed E-state index contributed by atoms with van der Waals surface area (Å²) < 4.78 is 0. The van der Waals surface area contributed by atoms with E-state index in [1.165, 1.54) is 18.4 Å². The number of rotatable bonds is 7. The van der Waals surface area contributed by atoms with Crippen LogP contribution in [0.1, 0.15) is 65.2 Å². The number of amides is 2. The van der Waals surface area contributed by atoms with Gasteiger partial charge in [-0.1, -0.05) is 61.4 Å². The van der Waals surface area contributed by atoms with Crippen LogP contribution in [-0.2, 0) is 4.79 Å². The van der Waals surface area contributed by atoms with E-state index in [2.05, 4.69) is 39.4 Å². The predicted molar refractivity (Wildman–Crippen MR) is 139 cm³/mol. The first-order chi connectivity index (χ1) is 17.0. The number of aryl methyl sites for hydroxylation is 2. The summed E-state index contributed by atoms with van der Waals surface area (Å²) in [6.45, 7) is 8.84. The summed E-state index contributed by atoms with van der Waals surface area (Å²) >= 11 is 0. The fraction of sp³-hybridized carbons (Fsp3) is 0.533. The highest BCUT2D eigenvalue weighted by atomic mass is 16.2. The molecule has 5 nitrogen and oxygen atoms in total. The molecule has 1 saturated carbocycles. The Bertz CT molecular complexity index is 1010. The maximum atomic E-state index is 13.3. The molecule has 0 aromatic heterocycles. The Kier molecular flexibility index (Phi) is 7.24. The molecule has 5 rings (SSSR count). The third-order valence-electron chi connectivity index (χ3n) is 8.52. The lowest BCUT2D eigenvalue weighted by Gasteiger charge is -2.26. The zero-order valence-corrected chi connectivity index (χ0v) is 21.2. The molecule has 2 amide bonds. The average Bonchev–Trinajstić information content (AvgIpc) is 3.59. The Morgan fingerprint density at radius 2 is 1.51 bits per heavy atom. The summed E-state index contributed by atoms with van der Waals surface area (Å²) in [7, 11) is 0. The van der Waals surface area contributed by atoms with Crippen LogP contribution in [0.25, 0.3) is 0 Å². The molecule has 186 valence electrons. The molecule has 2 saturated heterocycles. The van der Waals surface area contributed by atoms with Crippen LogP contribution in [0.15, 0.2) is 48.5 Å². The van der Waals surface area contributed by atoms with Crippen LogP contribution < -0.4 is 5.32 Å². The lowest BCUT2D eigenvalue weighted by molar-refractivity contribution is -0.125. The summed E-state index contributed by atoms with van der Waals surface area (Å²) in [5.41, 5.74) is 4.22. The number of fused-ring (bicyclic) bond motifs is 1. The fourth-order valence-electron chi connectivity index (χ4n) is 6.55. The van der Waals surface area contributed by atoms with Gasteiger partial charge in [0.1, 0.15) is 0 Å². The lowest BCUT2D eigenvalue weighted by atomic mass is 10.0. The van der Waals surface area contributed by atoms with Crippen LogP contribution >= 0.6 is 0 Å². The van der Waals surface area contributed by atoms with Crippen molar-refractivity contribution in [1.29, 1.82) is 0 Å². The van der Waals surface area contributed by atoms with Gasteiger partial charge in [-0.2, -0.15) is 0 Å². The van der Waals surface area contributed by atoms with Crippen molar-refractivity contribution in [2.75, 3.05) is 32.7 Å². The highest BCUT2D eigenvalue weighted by Gasteiger charge is 2.42. The summed E-state index contributed by atoms with van der Waals surface area (Å²) in [4.78, 5) is 30.8. The number of carbonyl (C=O) groups is 2. The normalized spacial score (nSPS) is 23.4. The highest BCUT2D eigenvalue weighted by Crippen LogP contribution is 2.33. The summed E-state index contributed by atoms with van der Waals surface area (Å²) in [6.07, 6.45) is 5.33. The van der Waals surface area contributed by atoms with Gasteiger partial charge in [0, 0.05) is 44.2 Å². The van der Waals surface area contributed by atoms with E-state index in [9.17, 15) is 9.59 Å². The van der Waals surface area contributed by atoms with Crippen LogP contribution in [0.5, 0.6) is 0 Å². The zero-order chi connectivity index (χ0) is 24.4. The van der Waals surface area contributed by atoms with Crippen LogP contribution in [0.3, 0.4) is 0 Å². The molecule has 3 fully saturated rings. The Hall–Kier alpha value is -2.66. The van der Waals surface area contributed by atoms with Gasteiger partial charge in [-0.05, 0) is 61.6 Å². The Balaban J connectivity index is 1.17. The number of carbonyl (C=O) groups excluding carboxylic acids is 2. The number of likely N-dealkylation sites (tertiary alicyclic amines) is 2. The minimum atomic E-state index is 0.0619.